The van der Waals surface area contributed by atoms with E-state index < -0.39 is 5.91 Å². The van der Waals surface area contributed by atoms with Gasteiger partial charge in [-0.2, -0.15) is 5.10 Å². The van der Waals surface area contributed by atoms with Crippen molar-refractivity contribution in [1.82, 2.24) is 9.61 Å². The van der Waals surface area contributed by atoms with Gasteiger partial charge in [0.2, 0.25) is 0 Å². The van der Waals surface area contributed by atoms with E-state index in [0.29, 0.717) is 12.0 Å². The molecule has 0 spiro atoms. The summed E-state index contributed by atoms with van der Waals surface area (Å²) in [6.45, 7) is 0.796. The molecule has 0 bridgehead atoms. The zero-order valence-corrected chi connectivity index (χ0v) is 10.0. The highest BCUT2D eigenvalue weighted by Crippen LogP contribution is 2.21. The van der Waals surface area contributed by atoms with E-state index in [2.05, 4.69) is 5.10 Å². The zero-order chi connectivity index (χ0) is 12.5. The van der Waals surface area contributed by atoms with E-state index in [1.807, 2.05) is 24.4 Å². The maximum Gasteiger partial charge on any atom is 0.252 e. The average Bonchev–Trinajstić information content (AvgIpc) is 2.95. The Labute approximate surface area is 105 Å². The number of carbonyl (C=O) groups is 1. The van der Waals surface area contributed by atoms with Gasteiger partial charge in [0.05, 0.1) is 22.9 Å². The molecule has 1 aliphatic heterocycles. The van der Waals surface area contributed by atoms with Crippen molar-refractivity contribution >= 4 is 11.4 Å². The van der Waals surface area contributed by atoms with Gasteiger partial charge in [0.25, 0.3) is 5.91 Å². The number of primary amides is 1. The van der Waals surface area contributed by atoms with Crippen molar-refractivity contribution in [3.63, 3.8) is 0 Å². The van der Waals surface area contributed by atoms with Gasteiger partial charge in [0.15, 0.2) is 0 Å². The van der Waals surface area contributed by atoms with Crippen LogP contribution in [0.5, 0.6) is 0 Å². The molecule has 0 aliphatic carbocycles. The zero-order valence-electron chi connectivity index (χ0n) is 10.0. The summed E-state index contributed by atoms with van der Waals surface area (Å²) < 4.78 is 7.29. The van der Waals surface area contributed by atoms with Gasteiger partial charge in [0, 0.05) is 19.2 Å². The summed E-state index contributed by atoms with van der Waals surface area (Å²) in [6.07, 6.45) is 4.73. The highest BCUT2D eigenvalue weighted by molar-refractivity contribution is 6.00. The van der Waals surface area contributed by atoms with Gasteiger partial charge in [-0.05, 0) is 25.0 Å². The molecule has 1 saturated heterocycles. The number of fused-ring (bicyclic) bond motifs is 1. The van der Waals surface area contributed by atoms with Gasteiger partial charge in [0.1, 0.15) is 0 Å². The summed E-state index contributed by atoms with van der Waals surface area (Å²) in [5, 5.41) is 4.43. The molecule has 0 saturated carbocycles. The summed E-state index contributed by atoms with van der Waals surface area (Å²) in [5.74, 6) is -0.427. The summed E-state index contributed by atoms with van der Waals surface area (Å²) in [4.78, 5) is 11.6. The first-order valence-corrected chi connectivity index (χ1v) is 6.13. The maximum atomic E-state index is 11.6. The van der Waals surface area contributed by atoms with Crippen LogP contribution in [-0.2, 0) is 11.2 Å². The molecular formula is C13H15N3O2. The van der Waals surface area contributed by atoms with Crippen molar-refractivity contribution in [2.24, 2.45) is 5.73 Å². The van der Waals surface area contributed by atoms with E-state index in [-0.39, 0.29) is 6.10 Å². The lowest BCUT2D eigenvalue weighted by Crippen LogP contribution is -2.16. The smallest absolute Gasteiger partial charge is 0.252 e. The highest BCUT2D eigenvalue weighted by Gasteiger charge is 2.23. The van der Waals surface area contributed by atoms with Gasteiger partial charge in [-0.3, -0.25) is 4.79 Å². The van der Waals surface area contributed by atoms with Gasteiger partial charge in [-0.25, -0.2) is 4.52 Å². The Hall–Kier alpha value is -1.88. The topological polar surface area (TPSA) is 69.6 Å². The first-order valence-electron chi connectivity index (χ1n) is 6.13. The van der Waals surface area contributed by atoms with Crippen molar-refractivity contribution in [1.29, 1.82) is 0 Å². The molecule has 2 aromatic heterocycles. The van der Waals surface area contributed by atoms with E-state index in [4.69, 9.17) is 10.5 Å². The third kappa shape index (κ3) is 1.86. The quantitative estimate of drug-likeness (QED) is 0.882. The van der Waals surface area contributed by atoms with Crippen LogP contribution in [0, 0.1) is 0 Å². The van der Waals surface area contributed by atoms with Gasteiger partial charge < -0.3 is 10.5 Å². The number of nitrogens with zero attached hydrogens (tertiary/aromatic N) is 2. The average molecular weight is 245 g/mol. The SMILES string of the molecule is NC(=O)c1c(C[C@@H]2CCCO2)nn2ccccc12. The molecule has 94 valence electrons. The fourth-order valence-electron chi connectivity index (χ4n) is 2.48. The normalized spacial score (nSPS) is 19.4. The molecule has 1 amide bonds. The largest absolute Gasteiger partial charge is 0.378 e. The molecule has 5 nitrogen and oxygen atoms in total. The van der Waals surface area contributed by atoms with Crippen LogP contribution in [0.25, 0.3) is 5.52 Å². The minimum Gasteiger partial charge on any atom is -0.378 e. The second-order valence-electron chi connectivity index (χ2n) is 4.56. The first-order chi connectivity index (χ1) is 8.75. The summed E-state index contributed by atoms with van der Waals surface area (Å²) in [5.41, 5.74) is 7.48. The van der Waals surface area contributed by atoms with Crippen LogP contribution in [0.4, 0.5) is 0 Å². The van der Waals surface area contributed by atoms with Gasteiger partial charge in [-0.1, -0.05) is 6.07 Å². The van der Waals surface area contributed by atoms with Crippen molar-refractivity contribution in [3.8, 4) is 0 Å². The standard InChI is InChI=1S/C13H15N3O2/c14-13(17)12-10(8-9-4-3-7-18-9)15-16-6-2-1-5-11(12)16/h1-2,5-6,9H,3-4,7-8H2,(H2,14,17)/t9-/m0/s1. The number of rotatable bonds is 3. The Balaban J connectivity index is 2.03. The number of nitrogens with two attached hydrogens (primary N) is 1. The Morgan fingerprint density at radius 2 is 2.44 bits per heavy atom. The van der Waals surface area contributed by atoms with E-state index in [1.165, 1.54) is 0 Å². The number of aromatic nitrogens is 2. The molecule has 2 aromatic rings. The molecule has 3 heterocycles. The minimum atomic E-state index is -0.427. The highest BCUT2D eigenvalue weighted by atomic mass is 16.5. The summed E-state index contributed by atoms with van der Waals surface area (Å²) in [6, 6.07) is 5.60. The number of ether oxygens (including phenoxy) is 1. The Kier molecular flexibility index (Phi) is 2.76. The van der Waals surface area contributed by atoms with Crippen LogP contribution < -0.4 is 5.73 Å². The molecule has 1 fully saturated rings. The van der Waals surface area contributed by atoms with Crippen molar-refractivity contribution in [3.05, 3.63) is 35.7 Å². The molecular weight excluding hydrogens is 230 g/mol. The second kappa shape index (κ2) is 4.42. The Morgan fingerprint density at radius 3 is 3.17 bits per heavy atom. The molecule has 0 unspecified atom stereocenters. The number of amides is 1. The van der Waals surface area contributed by atoms with E-state index >= 15 is 0 Å². The third-order valence-corrected chi connectivity index (χ3v) is 3.30. The van der Waals surface area contributed by atoms with Crippen LogP contribution >= 0.6 is 0 Å². The third-order valence-electron chi connectivity index (χ3n) is 3.30. The molecule has 0 radical (unpaired) electrons. The molecule has 1 atom stereocenters. The molecule has 5 heteroatoms. The molecule has 1 aliphatic rings. The molecule has 3 rings (SSSR count). The second-order valence-corrected chi connectivity index (χ2v) is 4.56. The lowest BCUT2D eigenvalue weighted by Gasteiger charge is -2.07. The Bertz CT molecular complexity index is 585. The van der Waals surface area contributed by atoms with E-state index in [0.717, 1.165) is 30.7 Å². The predicted octanol–water partition coefficient (Wildman–Crippen LogP) is 1.15. The first kappa shape index (κ1) is 11.2. The molecule has 2 N–H and O–H groups in total. The van der Waals surface area contributed by atoms with Gasteiger partial charge >= 0.3 is 0 Å². The summed E-state index contributed by atoms with van der Waals surface area (Å²) in [7, 11) is 0. The lowest BCUT2D eigenvalue weighted by molar-refractivity contribution is 0.0994. The van der Waals surface area contributed by atoms with Crippen LogP contribution in [0.2, 0.25) is 0 Å². The van der Waals surface area contributed by atoms with E-state index in [1.54, 1.807) is 4.52 Å². The maximum absolute atomic E-state index is 11.6. The fourth-order valence-corrected chi connectivity index (χ4v) is 2.48. The Morgan fingerprint density at radius 1 is 1.56 bits per heavy atom. The lowest BCUT2D eigenvalue weighted by atomic mass is 10.1. The molecule has 0 aromatic carbocycles. The van der Waals surface area contributed by atoms with Crippen molar-refractivity contribution in [2.45, 2.75) is 25.4 Å². The predicted molar refractivity (Wildman–Crippen MR) is 66.4 cm³/mol. The number of pyridine rings is 1. The monoisotopic (exact) mass is 245 g/mol. The molecule has 18 heavy (non-hydrogen) atoms. The summed E-state index contributed by atoms with van der Waals surface area (Å²) >= 11 is 0. The van der Waals surface area contributed by atoms with Crippen molar-refractivity contribution < 1.29 is 9.53 Å². The van der Waals surface area contributed by atoms with Crippen LogP contribution in [0.1, 0.15) is 28.9 Å². The van der Waals surface area contributed by atoms with E-state index in [9.17, 15) is 4.79 Å². The van der Waals surface area contributed by atoms with Crippen molar-refractivity contribution in [2.75, 3.05) is 6.61 Å². The van der Waals surface area contributed by atoms with Crippen LogP contribution in [0.15, 0.2) is 24.4 Å². The number of hydrogen-bond acceptors (Lipinski definition) is 3. The fraction of sp³-hybridized carbons (Fsp3) is 0.385. The van der Waals surface area contributed by atoms with Crippen LogP contribution in [0.3, 0.4) is 0 Å². The minimum absolute atomic E-state index is 0.160. The van der Waals surface area contributed by atoms with Crippen LogP contribution in [-0.4, -0.2) is 28.2 Å². The van der Waals surface area contributed by atoms with Gasteiger partial charge in [-0.15, -0.1) is 0 Å². The number of hydrogen-bond donors (Lipinski definition) is 1. The number of carbonyl (C=O) groups excluding carboxylic acids is 1.